The molecule has 21 heavy (non-hydrogen) atoms. The molecule has 0 unspecified atom stereocenters. The summed E-state index contributed by atoms with van der Waals surface area (Å²) in [5.41, 5.74) is 0.825. The fraction of sp³-hybridized carbons (Fsp3) is 0.0714. The number of imidazole rings is 1. The van der Waals surface area contributed by atoms with Crippen molar-refractivity contribution >= 4 is 38.6 Å². The number of alkyl halides is 3. The third-order valence-corrected chi connectivity index (χ3v) is 3.89. The molecule has 1 aromatic heterocycles. The van der Waals surface area contributed by atoms with Crippen LogP contribution in [0.3, 0.4) is 0 Å². The molecule has 2 nitrogen and oxygen atoms in total. The largest absolute Gasteiger partial charge is 0.416 e. The van der Waals surface area contributed by atoms with E-state index in [9.17, 15) is 13.2 Å². The van der Waals surface area contributed by atoms with Crippen molar-refractivity contribution in [3.8, 4) is 11.4 Å². The fourth-order valence-corrected chi connectivity index (χ4v) is 2.87. The van der Waals surface area contributed by atoms with Gasteiger partial charge in [0, 0.05) is 15.1 Å². The van der Waals surface area contributed by atoms with Crippen molar-refractivity contribution in [1.82, 2.24) is 9.97 Å². The van der Waals surface area contributed by atoms with Crippen molar-refractivity contribution in [2.75, 3.05) is 0 Å². The second kappa shape index (κ2) is 5.03. The second-order valence-corrected chi connectivity index (χ2v) is 5.73. The summed E-state index contributed by atoms with van der Waals surface area (Å²) in [4.78, 5) is 7.20. The highest BCUT2D eigenvalue weighted by Gasteiger charge is 2.30. The van der Waals surface area contributed by atoms with Crippen molar-refractivity contribution < 1.29 is 13.2 Å². The average molecular weight is 376 g/mol. The lowest BCUT2D eigenvalue weighted by Gasteiger charge is -2.05. The lowest BCUT2D eigenvalue weighted by atomic mass is 10.2. The minimum Gasteiger partial charge on any atom is -0.338 e. The van der Waals surface area contributed by atoms with E-state index in [4.69, 9.17) is 11.6 Å². The van der Waals surface area contributed by atoms with Gasteiger partial charge in [0.15, 0.2) is 0 Å². The topological polar surface area (TPSA) is 28.7 Å². The number of nitrogens with one attached hydrogen (secondary N) is 1. The van der Waals surface area contributed by atoms with Crippen LogP contribution in [0.25, 0.3) is 22.4 Å². The number of aromatic nitrogens is 2. The zero-order valence-electron chi connectivity index (χ0n) is 10.3. The fourth-order valence-electron chi connectivity index (χ4n) is 2.00. The molecule has 0 spiro atoms. The molecule has 3 rings (SSSR count). The molecule has 0 fully saturated rings. The van der Waals surface area contributed by atoms with Crippen molar-refractivity contribution in [3.05, 3.63) is 51.5 Å². The van der Waals surface area contributed by atoms with Crippen molar-refractivity contribution in [2.24, 2.45) is 0 Å². The normalized spacial score (nSPS) is 12.0. The van der Waals surface area contributed by atoms with Gasteiger partial charge in [-0.2, -0.15) is 13.2 Å². The number of halogens is 5. The first-order valence-corrected chi connectivity index (χ1v) is 7.04. The molecule has 0 amide bonds. The van der Waals surface area contributed by atoms with Crippen molar-refractivity contribution in [3.63, 3.8) is 0 Å². The number of fused-ring (bicyclic) bond motifs is 1. The molecular weight excluding hydrogens is 369 g/mol. The van der Waals surface area contributed by atoms with Crippen LogP contribution in [0.4, 0.5) is 13.2 Å². The Morgan fingerprint density at radius 3 is 2.52 bits per heavy atom. The Labute approximate surface area is 131 Å². The Morgan fingerprint density at radius 2 is 1.86 bits per heavy atom. The first-order valence-electron chi connectivity index (χ1n) is 5.87. The zero-order chi connectivity index (χ0) is 15.2. The summed E-state index contributed by atoms with van der Waals surface area (Å²) in [5, 5.41) is 0.557. The van der Waals surface area contributed by atoms with Gasteiger partial charge in [-0.05, 0) is 52.3 Å². The van der Waals surface area contributed by atoms with Crippen LogP contribution >= 0.6 is 27.5 Å². The Kier molecular flexibility index (Phi) is 3.45. The summed E-state index contributed by atoms with van der Waals surface area (Å²) >= 11 is 9.23. The highest BCUT2D eigenvalue weighted by Crippen LogP contribution is 2.33. The lowest BCUT2D eigenvalue weighted by molar-refractivity contribution is -0.137. The van der Waals surface area contributed by atoms with E-state index in [1.165, 1.54) is 6.07 Å². The number of hydrogen-bond donors (Lipinski definition) is 1. The van der Waals surface area contributed by atoms with Crippen LogP contribution < -0.4 is 0 Å². The van der Waals surface area contributed by atoms with Gasteiger partial charge in [0.25, 0.3) is 0 Å². The third kappa shape index (κ3) is 2.78. The van der Waals surface area contributed by atoms with Crippen LogP contribution in [0.15, 0.2) is 40.9 Å². The van der Waals surface area contributed by atoms with Gasteiger partial charge in [-0.1, -0.05) is 11.6 Å². The molecule has 0 saturated heterocycles. The molecule has 0 bridgehead atoms. The molecule has 2 aromatic carbocycles. The second-order valence-electron chi connectivity index (χ2n) is 4.44. The maximum atomic E-state index is 12.7. The lowest BCUT2D eigenvalue weighted by Crippen LogP contribution is -2.04. The predicted octanol–water partition coefficient (Wildman–Crippen LogP) is 5.66. The molecule has 3 aromatic rings. The van der Waals surface area contributed by atoms with Crippen LogP contribution in [0.2, 0.25) is 5.02 Å². The summed E-state index contributed by atoms with van der Waals surface area (Å²) in [7, 11) is 0. The van der Waals surface area contributed by atoms with Gasteiger partial charge in [0.1, 0.15) is 5.82 Å². The van der Waals surface area contributed by atoms with E-state index in [1.807, 2.05) is 0 Å². The predicted molar refractivity (Wildman–Crippen MR) is 79.2 cm³/mol. The minimum atomic E-state index is -4.37. The van der Waals surface area contributed by atoms with Gasteiger partial charge >= 0.3 is 6.18 Å². The van der Waals surface area contributed by atoms with Gasteiger partial charge in [0.05, 0.1) is 16.6 Å². The highest BCUT2D eigenvalue weighted by atomic mass is 79.9. The van der Waals surface area contributed by atoms with Gasteiger partial charge < -0.3 is 4.98 Å². The molecule has 0 radical (unpaired) electrons. The van der Waals surface area contributed by atoms with Gasteiger partial charge in [-0.3, -0.25) is 0 Å². The van der Waals surface area contributed by atoms with Crippen LogP contribution in [-0.4, -0.2) is 9.97 Å². The molecular formula is C14H7BrClF3N2. The number of aromatic amines is 1. The molecule has 0 aliphatic rings. The molecule has 1 heterocycles. The molecule has 1 N–H and O–H groups in total. The van der Waals surface area contributed by atoms with E-state index >= 15 is 0 Å². The van der Waals surface area contributed by atoms with Crippen molar-refractivity contribution in [2.45, 2.75) is 6.18 Å². The summed E-state index contributed by atoms with van der Waals surface area (Å²) in [5.74, 6) is 0.480. The maximum Gasteiger partial charge on any atom is 0.416 e. The van der Waals surface area contributed by atoms with Gasteiger partial charge in [0.2, 0.25) is 0 Å². The monoisotopic (exact) mass is 374 g/mol. The van der Waals surface area contributed by atoms with Crippen LogP contribution in [-0.2, 0) is 6.18 Å². The smallest absolute Gasteiger partial charge is 0.338 e. The summed E-state index contributed by atoms with van der Waals surface area (Å²) in [6.45, 7) is 0. The van der Waals surface area contributed by atoms with E-state index in [2.05, 4.69) is 25.9 Å². The van der Waals surface area contributed by atoms with Crippen LogP contribution in [0, 0.1) is 0 Å². The molecule has 0 aliphatic heterocycles. The first-order chi connectivity index (χ1) is 9.84. The van der Waals surface area contributed by atoms with Crippen LogP contribution in [0.5, 0.6) is 0 Å². The number of H-pyrrole nitrogens is 1. The standard InChI is InChI=1S/C14H7BrClF3N2/c15-10-6-8(16)2-3-9(10)13-20-11-4-1-7(14(17,18)19)5-12(11)21-13/h1-6H,(H,20,21). The van der Waals surface area contributed by atoms with Crippen LogP contribution in [0.1, 0.15) is 5.56 Å². The Hall–Kier alpha value is -1.53. The van der Waals surface area contributed by atoms with Gasteiger partial charge in [-0.15, -0.1) is 0 Å². The molecule has 0 atom stereocenters. The van der Waals surface area contributed by atoms with E-state index in [0.29, 0.717) is 26.4 Å². The minimum absolute atomic E-state index is 0.335. The van der Waals surface area contributed by atoms with E-state index in [1.54, 1.807) is 18.2 Å². The molecule has 7 heteroatoms. The van der Waals surface area contributed by atoms with E-state index < -0.39 is 11.7 Å². The summed E-state index contributed by atoms with van der Waals surface area (Å²) in [6.07, 6.45) is -4.37. The summed E-state index contributed by atoms with van der Waals surface area (Å²) < 4.78 is 38.8. The quantitative estimate of drug-likeness (QED) is 0.584. The number of rotatable bonds is 1. The number of benzene rings is 2. The number of hydrogen-bond acceptors (Lipinski definition) is 1. The molecule has 0 aliphatic carbocycles. The molecule has 0 saturated carbocycles. The van der Waals surface area contributed by atoms with Crippen molar-refractivity contribution in [1.29, 1.82) is 0 Å². The Balaban J connectivity index is 2.13. The molecule has 108 valence electrons. The van der Waals surface area contributed by atoms with E-state index in [-0.39, 0.29) is 0 Å². The van der Waals surface area contributed by atoms with E-state index in [0.717, 1.165) is 17.7 Å². The summed E-state index contributed by atoms with van der Waals surface area (Å²) in [6, 6.07) is 8.55. The average Bonchev–Trinajstić information content (AvgIpc) is 2.79. The zero-order valence-corrected chi connectivity index (χ0v) is 12.6. The number of nitrogens with zero attached hydrogens (tertiary/aromatic N) is 1. The first kappa shape index (κ1) is 14.4. The Morgan fingerprint density at radius 1 is 1.10 bits per heavy atom. The Bertz CT molecular complexity index is 827. The third-order valence-electron chi connectivity index (χ3n) is 3.00. The highest BCUT2D eigenvalue weighted by molar-refractivity contribution is 9.10. The SMILES string of the molecule is FC(F)(F)c1ccc2nc(-c3ccc(Cl)cc3Br)[nH]c2c1. The van der Waals surface area contributed by atoms with Gasteiger partial charge in [-0.25, -0.2) is 4.98 Å². The maximum absolute atomic E-state index is 12.7.